The van der Waals surface area contributed by atoms with Crippen LogP contribution in [0.2, 0.25) is 0 Å². The Labute approximate surface area is 145 Å². The zero-order chi connectivity index (χ0) is 17.6. The van der Waals surface area contributed by atoms with Gasteiger partial charge in [-0.05, 0) is 25.0 Å². The third-order valence-corrected chi connectivity index (χ3v) is 5.39. The Balaban J connectivity index is 1.80. The molecular formula is C18H19N3O4. The predicted octanol–water partition coefficient (Wildman–Crippen LogP) is 2.29. The van der Waals surface area contributed by atoms with Crippen LogP contribution in [0.5, 0.6) is 0 Å². The summed E-state index contributed by atoms with van der Waals surface area (Å²) in [4.78, 5) is 24.8. The number of rotatable bonds is 3. The summed E-state index contributed by atoms with van der Waals surface area (Å²) in [5, 5.41) is 10.7. The molecule has 4 aliphatic rings. The van der Waals surface area contributed by atoms with Crippen LogP contribution in [0.4, 0.5) is 5.69 Å². The first-order valence-corrected chi connectivity index (χ1v) is 8.33. The van der Waals surface area contributed by atoms with E-state index < -0.39 is 11.9 Å². The molecule has 0 saturated heterocycles. The second-order valence-electron chi connectivity index (χ2n) is 6.47. The number of methoxy groups -OCH3 is 2. The maximum absolute atomic E-state index is 12.5. The van der Waals surface area contributed by atoms with E-state index >= 15 is 0 Å². The highest BCUT2D eigenvalue weighted by Crippen LogP contribution is 2.52. The van der Waals surface area contributed by atoms with Gasteiger partial charge in [-0.15, -0.1) is 0 Å². The summed E-state index contributed by atoms with van der Waals surface area (Å²) in [6, 6.07) is 9.52. The van der Waals surface area contributed by atoms with Crippen molar-refractivity contribution < 1.29 is 19.1 Å². The first-order chi connectivity index (χ1) is 12.2. The fourth-order valence-electron chi connectivity index (χ4n) is 4.39. The van der Waals surface area contributed by atoms with Gasteiger partial charge in [0.05, 0.1) is 37.1 Å². The molecular weight excluding hydrogens is 322 g/mol. The van der Waals surface area contributed by atoms with Gasteiger partial charge in [-0.3, -0.25) is 0 Å². The molecule has 25 heavy (non-hydrogen) atoms. The van der Waals surface area contributed by atoms with Gasteiger partial charge in [0, 0.05) is 11.8 Å². The third kappa shape index (κ3) is 2.26. The molecule has 2 bridgehead atoms. The van der Waals surface area contributed by atoms with Crippen LogP contribution in [-0.4, -0.2) is 38.2 Å². The third-order valence-electron chi connectivity index (χ3n) is 5.39. The van der Waals surface area contributed by atoms with Crippen LogP contribution in [0.15, 0.2) is 51.8 Å². The fourth-order valence-corrected chi connectivity index (χ4v) is 4.39. The lowest BCUT2D eigenvalue weighted by Crippen LogP contribution is -2.55. The zero-order valence-electron chi connectivity index (χ0n) is 14.1. The number of anilines is 1. The van der Waals surface area contributed by atoms with Crippen LogP contribution in [0, 0.1) is 11.8 Å². The second-order valence-corrected chi connectivity index (χ2v) is 6.47. The minimum atomic E-state index is -0.470. The quantitative estimate of drug-likeness (QED) is 0.788. The van der Waals surface area contributed by atoms with Crippen LogP contribution in [-0.2, 0) is 19.1 Å². The number of para-hydroxylation sites is 1. The summed E-state index contributed by atoms with van der Waals surface area (Å²) < 4.78 is 9.91. The van der Waals surface area contributed by atoms with Crippen LogP contribution in [0.3, 0.4) is 0 Å². The number of carbonyl (C=O) groups excluding carboxylic acids is 2. The number of nitrogens with zero attached hydrogens (tertiary/aromatic N) is 3. The monoisotopic (exact) mass is 341 g/mol. The van der Waals surface area contributed by atoms with Gasteiger partial charge in [0.2, 0.25) is 0 Å². The summed E-state index contributed by atoms with van der Waals surface area (Å²) in [6.45, 7) is 0. The highest BCUT2D eigenvalue weighted by Gasteiger charge is 2.57. The summed E-state index contributed by atoms with van der Waals surface area (Å²) in [7, 11) is 2.67. The lowest BCUT2D eigenvalue weighted by Gasteiger charge is -2.46. The number of hydrogen-bond donors (Lipinski definition) is 0. The maximum Gasteiger partial charge on any atom is 0.334 e. The maximum atomic E-state index is 12.5. The predicted molar refractivity (Wildman–Crippen MR) is 88.6 cm³/mol. The summed E-state index contributed by atoms with van der Waals surface area (Å²) in [5.41, 5.74) is 1.77. The van der Waals surface area contributed by atoms with Crippen molar-refractivity contribution in [1.29, 1.82) is 0 Å². The van der Waals surface area contributed by atoms with Crippen LogP contribution < -0.4 is 5.01 Å². The molecule has 7 heteroatoms. The van der Waals surface area contributed by atoms with E-state index in [0.29, 0.717) is 11.1 Å². The number of fused-ring (bicyclic) bond motifs is 1. The van der Waals surface area contributed by atoms with Gasteiger partial charge in [0.1, 0.15) is 6.04 Å². The average molecular weight is 341 g/mol. The molecule has 4 atom stereocenters. The SMILES string of the molecule is COC(=O)C1=C(C(=O)OC)C2CCC1[C@H]1N=NN(c3ccccc3)[C@@H]21. The molecule has 130 valence electrons. The van der Waals surface area contributed by atoms with Gasteiger partial charge in [-0.25, -0.2) is 14.6 Å². The van der Waals surface area contributed by atoms with Gasteiger partial charge < -0.3 is 9.47 Å². The smallest absolute Gasteiger partial charge is 0.334 e. The lowest BCUT2D eigenvalue weighted by molar-refractivity contribution is -0.141. The van der Waals surface area contributed by atoms with Gasteiger partial charge in [-0.1, -0.05) is 23.4 Å². The molecule has 0 N–H and O–H groups in total. The highest BCUT2D eigenvalue weighted by molar-refractivity contribution is 6.02. The molecule has 0 radical (unpaired) electrons. The van der Waals surface area contributed by atoms with E-state index in [4.69, 9.17) is 9.47 Å². The second kappa shape index (κ2) is 5.98. The molecule has 1 aliphatic heterocycles. The van der Waals surface area contributed by atoms with E-state index in [-0.39, 0.29) is 23.9 Å². The van der Waals surface area contributed by atoms with E-state index in [0.717, 1.165) is 18.5 Å². The lowest BCUT2D eigenvalue weighted by atomic mass is 9.61. The topological polar surface area (TPSA) is 80.6 Å². The molecule has 5 rings (SSSR count). The molecule has 7 nitrogen and oxygen atoms in total. The Kier molecular flexibility index (Phi) is 3.78. The van der Waals surface area contributed by atoms with Crippen molar-refractivity contribution in [1.82, 2.24) is 0 Å². The normalized spacial score (nSPS) is 29.6. The largest absolute Gasteiger partial charge is 0.466 e. The van der Waals surface area contributed by atoms with E-state index in [1.54, 1.807) is 0 Å². The zero-order valence-corrected chi connectivity index (χ0v) is 14.1. The molecule has 0 aromatic heterocycles. The number of hydrogen-bond acceptors (Lipinski definition) is 7. The molecule has 2 unspecified atom stereocenters. The van der Waals surface area contributed by atoms with Crippen molar-refractivity contribution >= 4 is 17.6 Å². The van der Waals surface area contributed by atoms with Crippen molar-refractivity contribution in [2.45, 2.75) is 24.9 Å². The Morgan fingerprint density at radius 3 is 2.24 bits per heavy atom. The Morgan fingerprint density at radius 2 is 1.60 bits per heavy atom. The van der Waals surface area contributed by atoms with Crippen molar-refractivity contribution in [2.75, 3.05) is 19.2 Å². The Morgan fingerprint density at radius 1 is 1.00 bits per heavy atom. The molecule has 3 aliphatic carbocycles. The van der Waals surface area contributed by atoms with Crippen molar-refractivity contribution in [2.24, 2.45) is 22.2 Å². The van der Waals surface area contributed by atoms with Crippen molar-refractivity contribution in [3.8, 4) is 0 Å². The van der Waals surface area contributed by atoms with Crippen molar-refractivity contribution in [3.05, 3.63) is 41.5 Å². The van der Waals surface area contributed by atoms with Crippen molar-refractivity contribution in [3.63, 3.8) is 0 Å². The van der Waals surface area contributed by atoms with E-state index in [9.17, 15) is 9.59 Å². The van der Waals surface area contributed by atoms with E-state index in [1.807, 2.05) is 35.3 Å². The molecule has 0 amide bonds. The average Bonchev–Trinajstić information content (AvgIpc) is 3.14. The molecule has 1 saturated carbocycles. The van der Waals surface area contributed by atoms with Gasteiger partial charge in [0.25, 0.3) is 0 Å². The minimum absolute atomic E-state index is 0.0799. The molecule has 1 aromatic carbocycles. The number of ether oxygens (including phenoxy) is 2. The molecule has 0 spiro atoms. The minimum Gasteiger partial charge on any atom is -0.466 e. The first-order valence-electron chi connectivity index (χ1n) is 8.33. The van der Waals surface area contributed by atoms with Gasteiger partial charge in [-0.2, -0.15) is 5.11 Å². The van der Waals surface area contributed by atoms with Crippen LogP contribution in [0.1, 0.15) is 12.8 Å². The van der Waals surface area contributed by atoms with Gasteiger partial charge >= 0.3 is 11.9 Å². The fraction of sp³-hybridized carbons (Fsp3) is 0.444. The molecule has 1 aromatic rings. The number of carbonyl (C=O) groups is 2. The number of esters is 2. The van der Waals surface area contributed by atoms with Gasteiger partial charge in [0.15, 0.2) is 0 Å². The standard InChI is InChI=1S/C18H19N3O4/c1-24-17(22)13-11-8-9-12(14(13)18(23)25-2)16-15(11)19-20-21(16)10-6-4-3-5-7-10/h3-7,11-12,15-16H,8-9H2,1-2H3/t11?,12?,15-,16+/m1/s1. The Bertz CT molecular complexity index is 774. The molecule has 1 heterocycles. The Hall–Kier alpha value is -2.70. The highest BCUT2D eigenvalue weighted by atomic mass is 16.5. The van der Waals surface area contributed by atoms with E-state index in [2.05, 4.69) is 10.3 Å². The van der Waals surface area contributed by atoms with Crippen LogP contribution in [0.25, 0.3) is 0 Å². The summed E-state index contributed by atoms with van der Waals surface area (Å²) in [5.74, 6) is -1.27. The first kappa shape index (κ1) is 15.8. The summed E-state index contributed by atoms with van der Waals surface area (Å²) in [6.07, 6.45) is 1.59. The van der Waals surface area contributed by atoms with E-state index in [1.165, 1.54) is 14.2 Å². The number of benzene rings is 1. The molecule has 1 fully saturated rings. The summed E-state index contributed by atoms with van der Waals surface area (Å²) >= 11 is 0. The van der Waals surface area contributed by atoms with Crippen LogP contribution >= 0.6 is 0 Å².